The number of rotatable bonds is 2. The molecule has 0 radical (unpaired) electrons. The molecule has 1 N–H and O–H groups in total. The molecule has 0 bridgehead atoms. The van der Waals surface area contributed by atoms with E-state index in [0.29, 0.717) is 0 Å². The van der Waals surface area contributed by atoms with Crippen molar-refractivity contribution in [1.29, 1.82) is 0 Å². The number of carboxylic acids is 1. The maximum Gasteiger partial charge on any atom is 0.480 e. The van der Waals surface area contributed by atoms with Crippen LogP contribution in [-0.2, 0) is 6.18 Å². The zero-order valence-corrected chi connectivity index (χ0v) is 9.83. The van der Waals surface area contributed by atoms with E-state index in [2.05, 4.69) is 4.98 Å². The van der Waals surface area contributed by atoms with Crippen LogP contribution in [0.4, 0.5) is 13.2 Å². The number of hydrogen-bond donors (Lipinski definition) is 1. The summed E-state index contributed by atoms with van der Waals surface area (Å²) in [4.78, 5) is 13.4. The highest BCUT2D eigenvalue weighted by molar-refractivity contribution is 7.16. The number of alkyl halides is 3. The summed E-state index contributed by atoms with van der Waals surface area (Å²) >= 11 is 0.265. The van der Waals surface area contributed by atoms with Crippen LogP contribution in [0.3, 0.4) is 0 Å². The summed E-state index contributed by atoms with van der Waals surface area (Å²) < 4.78 is 37.7. The van der Waals surface area contributed by atoms with Crippen molar-refractivity contribution in [3.05, 3.63) is 40.3 Å². The van der Waals surface area contributed by atoms with Gasteiger partial charge in [0, 0.05) is 12.4 Å². The minimum Gasteiger partial charge on any atom is -0.617 e. The number of aromatic carboxylic acids is 1. The molecule has 0 fully saturated rings. The van der Waals surface area contributed by atoms with Crippen LogP contribution in [0.25, 0.3) is 10.6 Å². The van der Waals surface area contributed by atoms with Gasteiger partial charge in [0.1, 0.15) is 0 Å². The Bertz CT molecular complexity index is 625. The Kier molecular flexibility index (Phi) is 3.14. The van der Waals surface area contributed by atoms with Gasteiger partial charge in [0.15, 0.2) is 4.88 Å². The lowest BCUT2D eigenvalue weighted by atomic mass is 10.3. The molecule has 0 amide bonds. The first kappa shape index (κ1) is 13.3. The number of nitrogens with zero attached hydrogens (tertiary/aromatic N) is 2. The maximum atomic E-state index is 12.7. The quantitative estimate of drug-likeness (QED) is 0.679. The summed E-state index contributed by atoms with van der Waals surface area (Å²) in [5.74, 6) is -1.79. The van der Waals surface area contributed by atoms with Crippen LogP contribution in [0.5, 0.6) is 0 Å². The average molecular weight is 290 g/mol. The van der Waals surface area contributed by atoms with Crippen LogP contribution in [0, 0.1) is 5.21 Å². The van der Waals surface area contributed by atoms with Gasteiger partial charge in [0.2, 0.25) is 0 Å². The van der Waals surface area contributed by atoms with E-state index in [4.69, 9.17) is 5.11 Å². The molecule has 0 unspecified atom stereocenters. The van der Waals surface area contributed by atoms with Gasteiger partial charge in [0.05, 0.1) is 5.56 Å². The number of thiazole rings is 1. The van der Waals surface area contributed by atoms with Crippen LogP contribution < -0.4 is 4.73 Å². The van der Waals surface area contributed by atoms with Crippen molar-refractivity contribution in [1.82, 2.24) is 4.98 Å². The third-order valence-corrected chi connectivity index (χ3v) is 3.34. The van der Waals surface area contributed by atoms with E-state index >= 15 is 0 Å². The molecule has 2 rings (SSSR count). The third kappa shape index (κ3) is 2.36. The van der Waals surface area contributed by atoms with Crippen molar-refractivity contribution in [2.24, 2.45) is 0 Å². The van der Waals surface area contributed by atoms with Gasteiger partial charge in [-0.3, -0.25) is 4.98 Å². The SMILES string of the molecule is O=C(O)c1sc(-c2cccnc2)[n+]([O-])c1C(F)(F)F. The number of aromatic nitrogens is 2. The standard InChI is InChI=1S/C10H5F3N2O3S/c11-10(12,13)7-6(9(16)17)19-8(15(7)18)5-2-1-3-14-4-5/h1-4H,(H,16,17). The second-order valence-electron chi connectivity index (χ2n) is 3.42. The Balaban J connectivity index is 2.70. The van der Waals surface area contributed by atoms with Crippen molar-refractivity contribution in [2.75, 3.05) is 0 Å². The molecular weight excluding hydrogens is 285 g/mol. The summed E-state index contributed by atoms with van der Waals surface area (Å²) in [5, 5.41) is 20.1. The molecule has 2 aromatic rings. The average Bonchev–Trinajstić information content (AvgIpc) is 2.68. The van der Waals surface area contributed by atoms with Gasteiger partial charge in [0.25, 0.3) is 5.01 Å². The molecule has 2 aromatic heterocycles. The fourth-order valence-electron chi connectivity index (χ4n) is 1.43. The minimum absolute atomic E-state index is 0.125. The highest BCUT2D eigenvalue weighted by atomic mass is 32.1. The Hall–Kier alpha value is -2.16. The molecule has 19 heavy (non-hydrogen) atoms. The van der Waals surface area contributed by atoms with Crippen LogP contribution in [0.15, 0.2) is 24.5 Å². The molecule has 0 atom stereocenters. The smallest absolute Gasteiger partial charge is 0.480 e. The molecule has 0 aromatic carbocycles. The largest absolute Gasteiger partial charge is 0.617 e. The Morgan fingerprint density at radius 3 is 2.58 bits per heavy atom. The zero-order valence-electron chi connectivity index (χ0n) is 9.01. The zero-order chi connectivity index (χ0) is 14.2. The molecule has 0 aliphatic carbocycles. The van der Waals surface area contributed by atoms with Gasteiger partial charge in [-0.1, -0.05) is 11.3 Å². The molecule has 0 aliphatic heterocycles. The summed E-state index contributed by atoms with van der Waals surface area (Å²) in [5.41, 5.74) is -1.59. The molecular formula is C10H5F3N2O3S. The first-order chi connectivity index (χ1) is 8.82. The van der Waals surface area contributed by atoms with Gasteiger partial charge in [-0.05, 0) is 12.1 Å². The van der Waals surface area contributed by atoms with E-state index in [-0.39, 0.29) is 21.9 Å². The normalized spacial score (nSPS) is 11.5. The van der Waals surface area contributed by atoms with E-state index in [1.165, 1.54) is 24.5 Å². The topological polar surface area (TPSA) is 77.1 Å². The van der Waals surface area contributed by atoms with Crippen molar-refractivity contribution in [3.8, 4) is 10.6 Å². The number of carboxylic acid groups (broad SMARTS) is 1. The fraction of sp³-hybridized carbons (Fsp3) is 0.100. The Morgan fingerprint density at radius 2 is 2.16 bits per heavy atom. The lowest BCUT2D eigenvalue weighted by Crippen LogP contribution is -2.36. The van der Waals surface area contributed by atoms with Gasteiger partial charge >= 0.3 is 17.8 Å². The molecule has 0 saturated carbocycles. The third-order valence-electron chi connectivity index (χ3n) is 2.17. The Labute approximate surface area is 108 Å². The van der Waals surface area contributed by atoms with E-state index < -0.39 is 27.4 Å². The number of pyridine rings is 1. The molecule has 9 heteroatoms. The summed E-state index contributed by atoms with van der Waals surface area (Å²) in [7, 11) is 0. The second-order valence-corrected chi connectivity index (χ2v) is 4.42. The molecule has 100 valence electrons. The maximum absolute atomic E-state index is 12.7. The first-order valence-electron chi connectivity index (χ1n) is 4.79. The van der Waals surface area contributed by atoms with Crippen molar-refractivity contribution < 1.29 is 27.8 Å². The summed E-state index contributed by atoms with van der Waals surface area (Å²) in [6, 6.07) is 2.81. The van der Waals surface area contributed by atoms with Crippen LogP contribution in [0.2, 0.25) is 0 Å². The van der Waals surface area contributed by atoms with Crippen LogP contribution in [0.1, 0.15) is 15.4 Å². The molecule has 0 spiro atoms. The van der Waals surface area contributed by atoms with Crippen LogP contribution in [-0.4, -0.2) is 16.1 Å². The highest BCUT2D eigenvalue weighted by Crippen LogP contribution is 2.35. The van der Waals surface area contributed by atoms with Crippen molar-refractivity contribution >= 4 is 17.3 Å². The fourth-order valence-corrected chi connectivity index (χ4v) is 2.42. The highest BCUT2D eigenvalue weighted by Gasteiger charge is 2.48. The molecule has 0 aliphatic rings. The predicted octanol–water partition coefficient (Wildman–Crippen LogP) is 2.16. The minimum atomic E-state index is -5.04. The molecule has 5 nitrogen and oxygen atoms in total. The van der Waals surface area contributed by atoms with E-state index in [0.717, 1.165) is 0 Å². The van der Waals surface area contributed by atoms with Gasteiger partial charge in [-0.25, -0.2) is 4.79 Å². The second kappa shape index (κ2) is 4.50. The van der Waals surface area contributed by atoms with E-state index in [1.54, 1.807) is 0 Å². The van der Waals surface area contributed by atoms with Crippen LogP contribution >= 0.6 is 11.3 Å². The number of hydrogen-bond acceptors (Lipinski definition) is 4. The molecule has 2 heterocycles. The number of carbonyl (C=O) groups is 1. The van der Waals surface area contributed by atoms with E-state index in [9.17, 15) is 23.2 Å². The van der Waals surface area contributed by atoms with Crippen molar-refractivity contribution in [3.63, 3.8) is 0 Å². The number of halogens is 3. The van der Waals surface area contributed by atoms with Gasteiger partial charge in [-0.2, -0.15) is 13.2 Å². The van der Waals surface area contributed by atoms with E-state index in [1.807, 2.05) is 0 Å². The monoisotopic (exact) mass is 290 g/mol. The predicted molar refractivity (Wildman–Crippen MR) is 58.5 cm³/mol. The van der Waals surface area contributed by atoms with Gasteiger partial charge in [-0.15, -0.1) is 4.73 Å². The summed E-state index contributed by atoms with van der Waals surface area (Å²) in [6.07, 6.45) is -2.46. The lowest BCUT2D eigenvalue weighted by Gasteiger charge is -2.05. The van der Waals surface area contributed by atoms with Gasteiger partial charge < -0.3 is 10.3 Å². The molecule has 0 saturated heterocycles. The summed E-state index contributed by atoms with van der Waals surface area (Å²) in [6.45, 7) is 0. The lowest BCUT2D eigenvalue weighted by molar-refractivity contribution is -0.613. The van der Waals surface area contributed by atoms with Crippen molar-refractivity contribution in [2.45, 2.75) is 6.18 Å². The first-order valence-corrected chi connectivity index (χ1v) is 5.61. The Morgan fingerprint density at radius 1 is 1.47 bits per heavy atom.